The Balaban J connectivity index is 2.40. The molecule has 0 saturated heterocycles. The van der Waals surface area contributed by atoms with Crippen LogP contribution in [0, 0.1) is 0 Å². The molecule has 0 radical (unpaired) electrons. The number of nitrogens with zero attached hydrogens (tertiary/aromatic N) is 2. The van der Waals surface area contributed by atoms with Gasteiger partial charge in [0, 0.05) is 7.05 Å². The second-order valence-corrected chi connectivity index (χ2v) is 4.43. The molecule has 1 aromatic heterocycles. The predicted octanol–water partition coefficient (Wildman–Crippen LogP) is 2.91. The Morgan fingerprint density at radius 1 is 1.47 bits per heavy atom. The summed E-state index contributed by atoms with van der Waals surface area (Å²) in [5, 5.41) is 0. The topological polar surface area (TPSA) is 29.3 Å². The molecule has 0 fully saturated rings. The summed E-state index contributed by atoms with van der Waals surface area (Å²) in [5.41, 5.74) is 1.63. The Hall–Kier alpha value is -1.07. The molecule has 78 valence electrons. The number of anilines is 1. The fourth-order valence-corrected chi connectivity index (χ4v) is 1.65. The average Bonchev–Trinajstić information content (AvgIpc) is 2.70. The van der Waals surface area contributed by atoms with Gasteiger partial charge in [-0.2, -0.15) is 4.98 Å². The summed E-state index contributed by atoms with van der Waals surface area (Å²) in [6.45, 7) is 0. The van der Waals surface area contributed by atoms with Gasteiger partial charge in [0.1, 0.15) is 9.84 Å². The number of hydrogen-bond acceptors (Lipinski definition) is 4. The summed E-state index contributed by atoms with van der Waals surface area (Å²) in [5.74, 6) is 0. The lowest BCUT2D eigenvalue weighted by Gasteiger charge is -2.12. The van der Waals surface area contributed by atoms with Crippen LogP contribution in [0.1, 0.15) is 0 Å². The highest BCUT2D eigenvalue weighted by Gasteiger charge is 2.12. The Labute approximate surface area is 97.5 Å². The largest absolute Gasteiger partial charge is 0.423 e. The van der Waals surface area contributed by atoms with Crippen LogP contribution in [-0.4, -0.2) is 22.6 Å². The van der Waals surface area contributed by atoms with Crippen LogP contribution in [-0.2, 0) is 0 Å². The number of benzene rings is 1. The van der Waals surface area contributed by atoms with Gasteiger partial charge in [0.25, 0.3) is 0 Å². The molecule has 5 heteroatoms. The van der Waals surface area contributed by atoms with E-state index in [-0.39, 0.29) is 0 Å². The molecule has 0 bridgehead atoms. The SMILES string of the molecule is CSC(=S)N(C)c1nc2ccccc2o1. The Kier molecular flexibility index (Phi) is 2.93. The van der Waals surface area contributed by atoms with Crippen molar-refractivity contribution in [3.8, 4) is 0 Å². The van der Waals surface area contributed by atoms with E-state index in [1.165, 1.54) is 11.8 Å². The van der Waals surface area contributed by atoms with Gasteiger partial charge in [-0.05, 0) is 18.4 Å². The van der Waals surface area contributed by atoms with Crippen molar-refractivity contribution in [1.29, 1.82) is 0 Å². The maximum Gasteiger partial charge on any atom is 0.303 e. The van der Waals surface area contributed by atoms with Crippen LogP contribution in [0.3, 0.4) is 0 Å². The van der Waals surface area contributed by atoms with Gasteiger partial charge in [-0.15, -0.1) is 0 Å². The zero-order valence-corrected chi connectivity index (χ0v) is 10.1. The Morgan fingerprint density at radius 2 is 2.20 bits per heavy atom. The Bertz CT molecular complexity index is 462. The van der Waals surface area contributed by atoms with E-state index in [2.05, 4.69) is 4.98 Å². The number of para-hydroxylation sites is 2. The summed E-state index contributed by atoms with van der Waals surface area (Å²) in [6, 6.07) is 8.20. The molecule has 0 aliphatic rings. The summed E-state index contributed by atoms with van der Waals surface area (Å²) in [6.07, 6.45) is 1.93. The number of aromatic nitrogens is 1. The molecular weight excluding hydrogens is 228 g/mol. The number of thiocarbonyl (C=S) groups is 1. The van der Waals surface area contributed by atoms with Crippen molar-refractivity contribution in [2.24, 2.45) is 0 Å². The Morgan fingerprint density at radius 3 is 2.87 bits per heavy atom. The standard InChI is InChI=1S/C10H10N2OS2/c1-12(10(14)15-2)9-11-7-5-3-4-6-8(7)13-9/h3-6H,1-2H3. The first-order chi connectivity index (χ1) is 7.22. The van der Waals surface area contributed by atoms with Gasteiger partial charge in [0.15, 0.2) is 5.58 Å². The lowest BCUT2D eigenvalue weighted by Crippen LogP contribution is -2.21. The van der Waals surface area contributed by atoms with E-state index in [4.69, 9.17) is 16.6 Å². The minimum absolute atomic E-state index is 0.538. The number of rotatable bonds is 1. The summed E-state index contributed by atoms with van der Waals surface area (Å²) in [4.78, 5) is 6.10. The van der Waals surface area contributed by atoms with Crippen molar-refractivity contribution >= 4 is 45.4 Å². The van der Waals surface area contributed by atoms with Gasteiger partial charge >= 0.3 is 6.01 Å². The summed E-state index contributed by atoms with van der Waals surface area (Å²) >= 11 is 6.65. The smallest absolute Gasteiger partial charge is 0.303 e. The first kappa shape index (κ1) is 10.4. The van der Waals surface area contributed by atoms with E-state index in [1.807, 2.05) is 37.6 Å². The lowest BCUT2D eigenvalue weighted by atomic mass is 10.3. The zero-order chi connectivity index (χ0) is 10.8. The molecule has 0 saturated carbocycles. The van der Waals surface area contributed by atoms with Crippen molar-refractivity contribution in [3.63, 3.8) is 0 Å². The fraction of sp³-hybridized carbons (Fsp3) is 0.200. The van der Waals surface area contributed by atoms with Gasteiger partial charge in [-0.1, -0.05) is 36.1 Å². The second kappa shape index (κ2) is 4.20. The third-order valence-corrected chi connectivity index (χ3v) is 3.41. The number of fused-ring (bicyclic) bond motifs is 1. The van der Waals surface area contributed by atoms with E-state index < -0.39 is 0 Å². The molecule has 2 rings (SSSR count). The highest BCUT2D eigenvalue weighted by atomic mass is 32.2. The van der Waals surface area contributed by atoms with Crippen LogP contribution in [0.25, 0.3) is 11.1 Å². The van der Waals surface area contributed by atoms with Gasteiger partial charge in [0.2, 0.25) is 0 Å². The molecule has 0 unspecified atom stereocenters. The van der Waals surface area contributed by atoms with Crippen LogP contribution in [0.5, 0.6) is 0 Å². The molecule has 0 aliphatic carbocycles. The molecule has 2 aromatic rings. The maximum atomic E-state index is 5.57. The van der Waals surface area contributed by atoms with E-state index in [1.54, 1.807) is 4.90 Å². The molecular formula is C10H10N2OS2. The fourth-order valence-electron chi connectivity index (χ4n) is 1.22. The van der Waals surface area contributed by atoms with Crippen molar-refractivity contribution in [1.82, 2.24) is 4.98 Å². The molecule has 15 heavy (non-hydrogen) atoms. The third kappa shape index (κ3) is 1.98. The first-order valence-corrected chi connectivity index (χ1v) is 6.03. The van der Waals surface area contributed by atoms with Crippen LogP contribution >= 0.6 is 24.0 Å². The summed E-state index contributed by atoms with van der Waals surface area (Å²) in [7, 11) is 1.85. The average molecular weight is 238 g/mol. The number of thioether (sulfide) groups is 1. The summed E-state index contributed by atoms with van der Waals surface area (Å²) < 4.78 is 6.30. The van der Waals surface area contributed by atoms with E-state index in [0.717, 1.165) is 15.4 Å². The minimum atomic E-state index is 0.538. The van der Waals surface area contributed by atoms with Crippen LogP contribution < -0.4 is 4.90 Å². The third-order valence-electron chi connectivity index (χ3n) is 2.02. The van der Waals surface area contributed by atoms with E-state index >= 15 is 0 Å². The lowest BCUT2D eigenvalue weighted by molar-refractivity contribution is 0.607. The van der Waals surface area contributed by atoms with Gasteiger partial charge in [-0.25, -0.2) is 0 Å². The number of hydrogen-bond donors (Lipinski definition) is 0. The van der Waals surface area contributed by atoms with Crippen molar-refractivity contribution < 1.29 is 4.42 Å². The van der Waals surface area contributed by atoms with Crippen LogP contribution in [0.15, 0.2) is 28.7 Å². The molecule has 1 heterocycles. The molecule has 1 aromatic carbocycles. The van der Waals surface area contributed by atoms with E-state index in [0.29, 0.717) is 6.01 Å². The van der Waals surface area contributed by atoms with Gasteiger partial charge in [-0.3, -0.25) is 4.90 Å². The highest BCUT2D eigenvalue weighted by Crippen LogP contribution is 2.22. The first-order valence-electron chi connectivity index (χ1n) is 4.39. The monoisotopic (exact) mass is 238 g/mol. The number of oxazole rings is 1. The quantitative estimate of drug-likeness (QED) is 0.713. The van der Waals surface area contributed by atoms with Crippen molar-refractivity contribution in [2.75, 3.05) is 18.2 Å². The molecule has 0 atom stereocenters. The normalized spacial score (nSPS) is 10.5. The van der Waals surface area contributed by atoms with Crippen LogP contribution in [0.4, 0.5) is 6.01 Å². The minimum Gasteiger partial charge on any atom is -0.423 e. The molecule has 0 amide bonds. The molecule has 0 aliphatic heterocycles. The van der Waals surface area contributed by atoms with Crippen LogP contribution in [0.2, 0.25) is 0 Å². The van der Waals surface area contributed by atoms with E-state index in [9.17, 15) is 0 Å². The molecule has 0 N–H and O–H groups in total. The highest BCUT2D eigenvalue weighted by molar-refractivity contribution is 8.22. The predicted molar refractivity (Wildman–Crippen MR) is 68.5 cm³/mol. The second-order valence-electron chi connectivity index (χ2n) is 2.99. The van der Waals surface area contributed by atoms with Gasteiger partial charge in [0.05, 0.1) is 0 Å². The molecule has 3 nitrogen and oxygen atoms in total. The van der Waals surface area contributed by atoms with Crippen molar-refractivity contribution in [3.05, 3.63) is 24.3 Å². The van der Waals surface area contributed by atoms with Crippen molar-refractivity contribution in [2.45, 2.75) is 0 Å². The molecule has 0 spiro atoms. The zero-order valence-electron chi connectivity index (χ0n) is 8.43. The maximum absolute atomic E-state index is 5.57. The van der Waals surface area contributed by atoms with Gasteiger partial charge < -0.3 is 4.42 Å².